The summed E-state index contributed by atoms with van der Waals surface area (Å²) in [5.41, 5.74) is 1.91. The molecule has 3 aromatic rings. The van der Waals surface area contributed by atoms with Gasteiger partial charge in [0.15, 0.2) is 15.0 Å². The first-order valence-corrected chi connectivity index (χ1v) is 12.3. The summed E-state index contributed by atoms with van der Waals surface area (Å²) in [6, 6.07) is 11.9. The maximum Gasteiger partial charge on any atom is 0.229 e. The van der Waals surface area contributed by atoms with Gasteiger partial charge in [-0.1, -0.05) is 35.1 Å². The van der Waals surface area contributed by atoms with Gasteiger partial charge in [-0.2, -0.15) is 0 Å². The Balaban J connectivity index is 0.00000341. The lowest BCUT2D eigenvalue weighted by atomic mass is 10.2. The molecule has 0 aliphatic rings. The summed E-state index contributed by atoms with van der Waals surface area (Å²) in [5, 5.41) is 1.06. The molecule has 6 nitrogen and oxygen atoms in total. The van der Waals surface area contributed by atoms with Gasteiger partial charge in [0.2, 0.25) is 5.91 Å². The molecule has 0 saturated carbocycles. The first kappa shape index (κ1) is 25.5. The topological polar surface area (TPSA) is 70.6 Å². The number of fused-ring (bicyclic) bond motifs is 1. The summed E-state index contributed by atoms with van der Waals surface area (Å²) in [6.45, 7) is 3.06. The van der Waals surface area contributed by atoms with Crippen molar-refractivity contribution in [1.82, 2.24) is 9.88 Å². The number of nitrogens with zero attached hydrogens (tertiary/aromatic N) is 3. The number of hydrogen-bond acceptors (Lipinski definition) is 6. The number of thiazole rings is 1. The molecular weight excluding hydrogens is 477 g/mol. The second-order valence-electron chi connectivity index (χ2n) is 7.29. The van der Waals surface area contributed by atoms with Crippen LogP contribution in [0.1, 0.15) is 12.0 Å². The van der Waals surface area contributed by atoms with E-state index in [4.69, 9.17) is 11.6 Å². The predicted octanol–water partition coefficient (Wildman–Crippen LogP) is 4.44. The van der Waals surface area contributed by atoms with Crippen LogP contribution >= 0.6 is 35.3 Å². The standard InChI is InChI=1S/C21H24ClN3O3S2.ClH/c1-15-5-4-6-18-20(15)23-21(29-18)25(13-12-24(2)3)19(26)11-14-30(27,28)17-9-7-16(22)8-10-17;/h4-10H,11-14H2,1-3H3;1H. The maximum atomic E-state index is 13.0. The van der Waals surface area contributed by atoms with Crippen molar-refractivity contribution < 1.29 is 13.2 Å². The third kappa shape index (κ3) is 6.40. The highest BCUT2D eigenvalue weighted by molar-refractivity contribution is 7.91. The van der Waals surface area contributed by atoms with Crippen LogP contribution in [0.3, 0.4) is 0 Å². The summed E-state index contributed by atoms with van der Waals surface area (Å²) in [7, 11) is 0.269. The van der Waals surface area contributed by atoms with Crippen molar-refractivity contribution in [3.8, 4) is 0 Å². The van der Waals surface area contributed by atoms with Gasteiger partial charge >= 0.3 is 0 Å². The van der Waals surface area contributed by atoms with Crippen molar-refractivity contribution in [1.29, 1.82) is 0 Å². The van der Waals surface area contributed by atoms with E-state index in [0.717, 1.165) is 15.8 Å². The Morgan fingerprint density at radius 2 is 1.77 bits per heavy atom. The maximum absolute atomic E-state index is 13.0. The monoisotopic (exact) mass is 501 g/mol. The number of carbonyl (C=O) groups excluding carboxylic acids is 1. The van der Waals surface area contributed by atoms with Crippen molar-refractivity contribution in [2.24, 2.45) is 0 Å². The summed E-state index contributed by atoms with van der Waals surface area (Å²) >= 11 is 7.28. The van der Waals surface area contributed by atoms with Crippen LogP contribution in [-0.4, -0.2) is 57.1 Å². The molecule has 0 atom stereocenters. The van der Waals surface area contributed by atoms with E-state index in [0.29, 0.717) is 23.2 Å². The third-order valence-corrected chi connectivity index (χ3v) is 7.70. The van der Waals surface area contributed by atoms with Gasteiger partial charge < -0.3 is 4.90 Å². The Hall–Kier alpha value is -1.71. The van der Waals surface area contributed by atoms with E-state index in [1.54, 1.807) is 4.90 Å². The molecule has 1 amide bonds. The van der Waals surface area contributed by atoms with Crippen LogP contribution in [-0.2, 0) is 14.6 Å². The molecule has 31 heavy (non-hydrogen) atoms. The molecule has 168 valence electrons. The number of anilines is 1. The molecule has 2 aromatic carbocycles. The lowest BCUT2D eigenvalue weighted by Gasteiger charge is -2.22. The number of para-hydroxylation sites is 1. The molecule has 1 aromatic heterocycles. The highest BCUT2D eigenvalue weighted by atomic mass is 35.5. The molecule has 0 saturated heterocycles. The second kappa shape index (κ2) is 10.7. The zero-order valence-electron chi connectivity index (χ0n) is 17.5. The van der Waals surface area contributed by atoms with Crippen molar-refractivity contribution in [2.75, 3.05) is 37.8 Å². The number of aryl methyl sites for hydroxylation is 1. The largest absolute Gasteiger partial charge is 0.308 e. The number of benzene rings is 2. The number of halogens is 2. The quantitative estimate of drug-likeness (QED) is 0.456. The smallest absolute Gasteiger partial charge is 0.229 e. The van der Waals surface area contributed by atoms with Crippen LogP contribution in [0.15, 0.2) is 47.4 Å². The molecule has 1 heterocycles. The zero-order valence-corrected chi connectivity index (χ0v) is 20.7. The molecule has 0 bridgehead atoms. The first-order valence-electron chi connectivity index (χ1n) is 9.47. The van der Waals surface area contributed by atoms with Gasteiger partial charge in [-0.05, 0) is 56.9 Å². The normalized spacial score (nSPS) is 11.5. The average Bonchev–Trinajstić information content (AvgIpc) is 3.12. The number of sulfone groups is 1. The fourth-order valence-electron chi connectivity index (χ4n) is 2.93. The fourth-order valence-corrected chi connectivity index (χ4v) is 5.38. The van der Waals surface area contributed by atoms with Gasteiger partial charge in [-0.15, -0.1) is 12.4 Å². The first-order chi connectivity index (χ1) is 14.2. The summed E-state index contributed by atoms with van der Waals surface area (Å²) < 4.78 is 26.2. The van der Waals surface area contributed by atoms with Crippen LogP contribution in [0.4, 0.5) is 5.13 Å². The Morgan fingerprint density at radius 3 is 2.39 bits per heavy atom. The number of rotatable bonds is 8. The van der Waals surface area contributed by atoms with Gasteiger partial charge in [-0.25, -0.2) is 13.4 Å². The van der Waals surface area contributed by atoms with E-state index in [9.17, 15) is 13.2 Å². The fraction of sp³-hybridized carbons (Fsp3) is 0.333. The molecule has 0 radical (unpaired) electrons. The van der Waals surface area contributed by atoms with Gasteiger partial charge in [0.25, 0.3) is 0 Å². The molecule has 0 aliphatic heterocycles. The van der Waals surface area contributed by atoms with Crippen LogP contribution in [0.2, 0.25) is 5.02 Å². The predicted molar refractivity (Wildman–Crippen MR) is 131 cm³/mol. The number of carbonyl (C=O) groups is 1. The van der Waals surface area contributed by atoms with Crippen molar-refractivity contribution in [3.63, 3.8) is 0 Å². The molecule has 0 fully saturated rings. The van der Waals surface area contributed by atoms with Crippen molar-refractivity contribution in [2.45, 2.75) is 18.2 Å². The Morgan fingerprint density at radius 1 is 1.10 bits per heavy atom. The Labute approximate surface area is 198 Å². The number of aromatic nitrogens is 1. The number of amides is 1. The highest BCUT2D eigenvalue weighted by Gasteiger charge is 2.23. The van der Waals surface area contributed by atoms with E-state index in [-0.39, 0.29) is 35.4 Å². The van der Waals surface area contributed by atoms with E-state index in [1.807, 2.05) is 44.1 Å². The SMILES string of the molecule is Cc1cccc2sc(N(CCN(C)C)C(=O)CCS(=O)(=O)c3ccc(Cl)cc3)nc12.Cl. The molecule has 10 heteroatoms. The van der Waals surface area contributed by atoms with E-state index >= 15 is 0 Å². The lowest BCUT2D eigenvalue weighted by molar-refractivity contribution is -0.118. The molecular formula is C21H25Cl2N3O3S2. The minimum absolute atomic E-state index is 0. The molecule has 0 unspecified atom stereocenters. The molecule has 3 rings (SSSR count). The number of hydrogen-bond donors (Lipinski definition) is 0. The van der Waals surface area contributed by atoms with Crippen LogP contribution < -0.4 is 4.90 Å². The minimum atomic E-state index is -3.58. The van der Waals surface area contributed by atoms with Crippen molar-refractivity contribution >= 4 is 66.4 Å². The zero-order chi connectivity index (χ0) is 21.9. The van der Waals surface area contributed by atoms with E-state index in [2.05, 4.69) is 4.98 Å². The number of likely N-dealkylation sites (N-methyl/N-ethyl adjacent to an activating group) is 1. The van der Waals surface area contributed by atoms with E-state index in [1.165, 1.54) is 35.6 Å². The average molecular weight is 502 g/mol. The van der Waals surface area contributed by atoms with E-state index < -0.39 is 9.84 Å². The lowest BCUT2D eigenvalue weighted by Crippen LogP contribution is -2.37. The minimum Gasteiger partial charge on any atom is -0.308 e. The summed E-state index contributed by atoms with van der Waals surface area (Å²) in [6.07, 6.45) is -0.118. The Kier molecular flexibility index (Phi) is 8.85. The van der Waals surface area contributed by atoms with Gasteiger partial charge in [0.1, 0.15) is 0 Å². The molecule has 0 spiro atoms. The van der Waals surface area contributed by atoms with Gasteiger partial charge in [-0.3, -0.25) is 9.69 Å². The molecule has 0 N–H and O–H groups in total. The Bertz CT molecular complexity index is 1150. The molecule has 0 aliphatic carbocycles. The van der Waals surface area contributed by atoms with Gasteiger partial charge in [0.05, 0.1) is 20.9 Å². The second-order valence-corrected chi connectivity index (χ2v) is 10.8. The van der Waals surface area contributed by atoms with Crippen LogP contribution in [0.25, 0.3) is 10.2 Å². The summed E-state index contributed by atoms with van der Waals surface area (Å²) in [4.78, 5) is 21.4. The van der Waals surface area contributed by atoms with Gasteiger partial charge in [0, 0.05) is 24.5 Å². The van der Waals surface area contributed by atoms with Crippen LogP contribution in [0.5, 0.6) is 0 Å². The highest BCUT2D eigenvalue weighted by Crippen LogP contribution is 2.31. The van der Waals surface area contributed by atoms with Crippen LogP contribution in [0, 0.1) is 6.92 Å². The van der Waals surface area contributed by atoms with Crippen molar-refractivity contribution in [3.05, 3.63) is 53.1 Å². The summed E-state index contributed by atoms with van der Waals surface area (Å²) in [5.74, 6) is -0.526. The third-order valence-electron chi connectivity index (χ3n) is 4.67.